The minimum Gasteiger partial charge on any atom is -0.494 e. The molecule has 0 atom stereocenters. The van der Waals surface area contributed by atoms with Gasteiger partial charge in [-0.15, -0.1) is 11.3 Å². The number of aromatic nitrogens is 3. The van der Waals surface area contributed by atoms with Crippen molar-refractivity contribution in [3.8, 4) is 17.3 Å². The van der Waals surface area contributed by atoms with Crippen LogP contribution in [0, 0.1) is 0 Å². The Labute approximate surface area is 108 Å². The van der Waals surface area contributed by atoms with Gasteiger partial charge >= 0.3 is 0 Å². The molecule has 3 N–H and O–H groups in total. The Balaban J connectivity index is 1.88. The van der Waals surface area contributed by atoms with Crippen molar-refractivity contribution in [2.75, 3.05) is 5.73 Å². The van der Waals surface area contributed by atoms with Gasteiger partial charge in [-0.25, -0.2) is 9.97 Å². The zero-order valence-corrected chi connectivity index (χ0v) is 10.4. The van der Waals surface area contributed by atoms with Crippen LogP contribution in [0.2, 0.25) is 0 Å². The van der Waals surface area contributed by atoms with Crippen molar-refractivity contribution < 1.29 is 5.11 Å². The number of thiophene rings is 1. The van der Waals surface area contributed by atoms with E-state index in [2.05, 4.69) is 16.0 Å². The smallest absolute Gasteiger partial charge is 0.203 e. The maximum atomic E-state index is 10.1. The van der Waals surface area contributed by atoms with Crippen LogP contribution in [0.3, 0.4) is 0 Å². The number of rotatable bonds is 3. The summed E-state index contributed by atoms with van der Waals surface area (Å²) in [5.74, 6) is 1.03. The minimum atomic E-state index is 0.167. The van der Waals surface area contributed by atoms with Crippen molar-refractivity contribution in [1.29, 1.82) is 0 Å². The second-order valence-corrected chi connectivity index (χ2v) is 5.04. The van der Waals surface area contributed by atoms with Crippen molar-refractivity contribution >= 4 is 17.2 Å². The summed E-state index contributed by atoms with van der Waals surface area (Å²) in [6.45, 7) is 0.681. The van der Waals surface area contributed by atoms with E-state index in [4.69, 9.17) is 5.73 Å². The second-order valence-electron chi connectivity index (χ2n) is 4.01. The SMILES string of the molecule is Nc1cc2c(O)n(CCc3cccs3)cnc-2n1. The van der Waals surface area contributed by atoms with Crippen LogP contribution in [-0.4, -0.2) is 19.6 Å². The van der Waals surface area contributed by atoms with E-state index in [-0.39, 0.29) is 5.88 Å². The maximum Gasteiger partial charge on any atom is 0.203 e. The summed E-state index contributed by atoms with van der Waals surface area (Å²) in [6.07, 6.45) is 2.46. The summed E-state index contributed by atoms with van der Waals surface area (Å²) in [6, 6.07) is 5.74. The van der Waals surface area contributed by atoms with Gasteiger partial charge < -0.3 is 15.4 Å². The monoisotopic (exact) mass is 260 g/mol. The molecule has 0 aliphatic carbocycles. The summed E-state index contributed by atoms with van der Waals surface area (Å²) < 4.78 is 1.71. The number of hydrogen-bond donors (Lipinski definition) is 2. The third-order valence-corrected chi connectivity index (χ3v) is 3.72. The summed E-state index contributed by atoms with van der Waals surface area (Å²) in [7, 11) is 0. The zero-order chi connectivity index (χ0) is 12.5. The minimum absolute atomic E-state index is 0.167. The molecule has 5 nitrogen and oxygen atoms in total. The van der Waals surface area contributed by atoms with Crippen LogP contribution in [0.15, 0.2) is 29.9 Å². The largest absolute Gasteiger partial charge is 0.494 e. The van der Waals surface area contributed by atoms with Crippen LogP contribution in [0.1, 0.15) is 4.88 Å². The van der Waals surface area contributed by atoms with Crippen LogP contribution in [0.25, 0.3) is 11.4 Å². The van der Waals surface area contributed by atoms with E-state index in [1.807, 2.05) is 11.4 Å². The van der Waals surface area contributed by atoms with Crippen molar-refractivity contribution in [3.05, 3.63) is 34.8 Å². The van der Waals surface area contributed by atoms with Crippen molar-refractivity contribution in [1.82, 2.24) is 14.5 Å². The highest BCUT2D eigenvalue weighted by molar-refractivity contribution is 7.09. The van der Waals surface area contributed by atoms with E-state index >= 15 is 0 Å². The molecule has 2 aliphatic heterocycles. The topological polar surface area (TPSA) is 77.0 Å². The van der Waals surface area contributed by atoms with Crippen LogP contribution in [0.5, 0.6) is 5.88 Å². The number of nitrogens with two attached hydrogens (primary N) is 1. The average molecular weight is 260 g/mol. The molecule has 0 saturated carbocycles. The van der Waals surface area contributed by atoms with E-state index in [0.29, 0.717) is 23.8 Å². The van der Waals surface area contributed by atoms with Crippen LogP contribution in [0.4, 0.5) is 5.82 Å². The first-order chi connectivity index (χ1) is 8.74. The van der Waals surface area contributed by atoms with Gasteiger partial charge in [0.1, 0.15) is 5.82 Å². The number of aromatic hydroxyl groups is 1. The van der Waals surface area contributed by atoms with Gasteiger partial charge in [0.05, 0.1) is 11.9 Å². The fourth-order valence-electron chi connectivity index (χ4n) is 1.87. The summed E-state index contributed by atoms with van der Waals surface area (Å²) in [5.41, 5.74) is 6.19. The normalized spacial score (nSPS) is 11.1. The summed E-state index contributed by atoms with van der Waals surface area (Å²) in [4.78, 5) is 9.48. The Morgan fingerprint density at radius 3 is 3.11 bits per heavy atom. The molecule has 6 heteroatoms. The lowest BCUT2D eigenvalue weighted by Crippen LogP contribution is -2.04. The molecule has 3 rings (SSSR count). The molecule has 0 unspecified atom stereocenters. The van der Waals surface area contributed by atoms with E-state index in [1.165, 1.54) is 4.88 Å². The Kier molecular flexibility index (Phi) is 2.64. The number of fused-ring (bicyclic) bond motifs is 1. The Bertz CT molecular complexity index is 632. The van der Waals surface area contributed by atoms with Gasteiger partial charge in [0, 0.05) is 11.4 Å². The lowest BCUT2D eigenvalue weighted by atomic mass is 10.3. The molecule has 3 heterocycles. The van der Waals surface area contributed by atoms with E-state index in [9.17, 15) is 5.11 Å². The van der Waals surface area contributed by atoms with E-state index < -0.39 is 0 Å². The Hall–Kier alpha value is -2.08. The van der Waals surface area contributed by atoms with Gasteiger partial charge in [0.25, 0.3) is 0 Å². The molecule has 0 fully saturated rings. The number of anilines is 1. The van der Waals surface area contributed by atoms with Crippen molar-refractivity contribution in [3.63, 3.8) is 0 Å². The van der Waals surface area contributed by atoms with E-state index in [1.54, 1.807) is 28.3 Å². The number of aryl methyl sites for hydroxylation is 2. The third-order valence-electron chi connectivity index (χ3n) is 2.78. The standard InChI is InChI=1S/C12H12N4OS/c13-10-6-9-11(15-10)14-7-16(12(9)17)4-3-8-2-1-5-18-8/h1-2,5-7,17H,3-4,13H2. The van der Waals surface area contributed by atoms with Gasteiger partial charge in [0.15, 0.2) is 5.82 Å². The van der Waals surface area contributed by atoms with Gasteiger partial charge in [-0.05, 0) is 23.9 Å². The molecule has 0 spiro atoms. The third kappa shape index (κ3) is 1.91. The predicted octanol–water partition coefficient (Wildman–Crippen LogP) is 1.97. The molecule has 92 valence electrons. The highest BCUT2D eigenvalue weighted by Gasteiger charge is 2.15. The average Bonchev–Trinajstić information content (AvgIpc) is 2.97. The first-order valence-corrected chi connectivity index (χ1v) is 6.45. The molecule has 0 saturated heterocycles. The fourth-order valence-corrected chi connectivity index (χ4v) is 2.57. The van der Waals surface area contributed by atoms with Crippen molar-refractivity contribution in [2.45, 2.75) is 13.0 Å². The van der Waals surface area contributed by atoms with Gasteiger partial charge in [-0.2, -0.15) is 0 Å². The Morgan fingerprint density at radius 2 is 2.33 bits per heavy atom. The maximum absolute atomic E-state index is 10.1. The molecule has 2 aliphatic rings. The summed E-state index contributed by atoms with van der Waals surface area (Å²) in [5, 5.41) is 12.2. The van der Waals surface area contributed by atoms with Crippen LogP contribution in [-0.2, 0) is 13.0 Å². The number of nitrogen functional groups attached to an aromatic ring is 1. The first kappa shape index (κ1) is 11.0. The fraction of sp³-hybridized carbons (Fsp3) is 0.167. The highest BCUT2D eigenvalue weighted by Crippen LogP contribution is 2.30. The van der Waals surface area contributed by atoms with E-state index in [0.717, 1.165) is 6.42 Å². The van der Waals surface area contributed by atoms with Gasteiger partial charge in [-0.3, -0.25) is 0 Å². The highest BCUT2D eigenvalue weighted by atomic mass is 32.1. The molecule has 1 aromatic heterocycles. The number of hydrogen-bond acceptors (Lipinski definition) is 5. The zero-order valence-electron chi connectivity index (χ0n) is 9.58. The molecule has 0 amide bonds. The quantitative estimate of drug-likeness (QED) is 0.755. The first-order valence-electron chi connectivity index (χ1n) is 5.57. The molecule has 0 bridgehead atoms. The van der Waals surface area contributed by atoms with Gasteiger partial charge in [-0.1, -0.05) is 6.07 Å². The van der Waals surface area contributed by atoms with Crippen molar-refractivity contribution in [2.24, 2.45) is 0 Å². The molecule has 1 aromatic rings. The van der Waals surface area contributed by atoms with Crippen LogP contribution < -0.4 is 5.73 Å². The Morgan fingerprint density at radius 1 is 1.44 bits per heavy atom. The summed E-state index contributed by atoms with van der Waals surface area (Å²) >= 11 is 1.71. The molecule has 0 radical (unpaired) electrons. The molecule has 0 aromatic carbocycles. The van der Waals surface area contributed by atoms with Crippen LogP contribution >= 0.6 is 11.3 Å². The molecular formula is C12H12N4OS. The number of nitrogens with zero attached hydrogens (tertiary/aromatic N) is 3. The lowest BCUT2D eigenvalue weighted by Gasteiger charge is -2.10. The predicted molar refractivity (Wildman–Crippen MR) is 70.7 cm³/mol. The van der Waals surface area contributed by atoms with Gasteiger partial charge in [0.2, 0.25) is 5.88 Å². The molecular weight excluding hydrogens is 248 g/mol. The lowest BCUT2D eigenvalue weighted by molar-refractivity contribution is 0.410. The second kappa shape index (κ2) is 4.30. The molecule has 18 heavy (non-hydrogen) atoms.